The summed E-state index contributed by atoms with van der Waals surface area (Å²) in [6, 6.07) is 19.2. The van der Waals surface area contributed by atoms with Crippen LogP contribution in [0.15, 0.2) is 66.4 Å². The monoisotopic (exact) mass is 378 g/mol. The third kappa shape index (κ3) is 3.32. The number of rotatable bonds is 2. The zero-order chi connectivity index (χ0) is 14.2. The van der Waals surface area contributed by atoms with Crippen LogP contribution in [0.4, 0.5) is 0 Å². The van der Waals surface area contributed by atoms with Crippen LogP contribution in [0.2, 0.25) is 0 Å². The number of benzene rings is 2. The Hall–Kier alpha value is -1.30. The molecule has 0 spiro atoms. The number of halogens is 2. The van der Waals surface area contributed by atoms with E-state index in [0.717, 1.165) is 11.9 Å². The molecule has 1 aromatic heterocycles. The second kappa shape index (κ2) is 7.51. The van der Waals surface area contributed by atoms with Crippen molar-refractivity contribution in [2.75, 3.05) is 0 Å². The number of aromatic nitrogens is 1. The first-order valence-electron chi connectivity index (χ1n) is 7.11. The maximum atomic E-state index is 4.56. The van der Waals surface area contributed by atoms with Crippen molar-refractivity contribution >= 4 is 17.0 Å². The summed E-state index contributed by atoms with van der Waals surface area (Å²) in [6.07, 6.45) is 5.14. The summed E-state index contributed by atoms with van der Waals surface area (Å²) in [4.78, 5) is 4.56. The van der Waals surface area contributed by atoms with E-state index < -0.39 is 0 Å². The molecule has 2 aromatic carbocycles. The third-order valence-corrected chi connectivity index (χ3v) is 4.94. The van der Waals surface area contributed by atoms with E-state index in [1.165, 1.54) is 27.6 Å². The van der Waals surface area contributed by atoms with Gasteiger partial charge in [-0.3, -0.25) is 0 Å². The number of pyridine rings is 1. The van der Waals surface area contributed by atoms with Crippen molar-refractivity contribution in [1.29, 1.82) is 0 Å². The van der Waals surface area contributed by atoms with Gasteiger partial charge in [-0.05, 0) is 0 Å². The Kier molecular flexibility index (Phi) is 5.90. The van der Waals surface area contributed by atoms with Crippen LogP contribution in [0.5, 0.6) is 0 Å². The Morgan fingerprint density at radius 2 is 1.70 bits per heavy atom. The first kappa shape index (κ1) is 18.0. The van der Waals surface area contributed by atoms with Gasteiger partial charge in [0.05, 0.1) is 0 Å². The van der Waals surface area contributed by atoms with Gasteiger partial charge in [0.15, 0.2) is 0 Å². The van der Waals surface area contributed by atoms with Gasteiger partial charge in [0.2, 0.25) is 0 Å². The molecule has 0 amide bonds. The van der Waals surface area contributed by atoms with Crippen LogP contribution in [0.3, 0.4) is 0 Å². The number of nitrogens with zero attached hydrogens (tertiary/aromatic N) is 1. The zero-order valence-corrected chi connectivity index (χ0v) is 15.0. The van der Waals surface area contributed by atoms with Crippen molar-refractivity contribution in [3.8, 4) is 0 Å². The van der Waals surface area contributed by atoms with E-state index >= 15 is 0 Å². The Bertz CT molecular complexity index is 855. The fourth-order valence-electron chi connectivity index (χ4n) is 3.03. The van der Waals surface area contributed by atoms with Gasteiger partial charge in [-0.2, -0.15) is 0 Å². The van der Waals surface area contributed by atoms with E-state index in [1.54, 1.807) is 0 Å². The molecular weight excluding hydrogens is 365 g/mol. The molecule has 4 rings (SSSR count). The summed E-state index contributed by atoms with van der Waals surface area (Å²) in [5, 5.41) is 1.21. The summed E-state index contributed by atoms with van der Waals surface area (Å²) < 4.78 is 0.375. The van der Waals surface area contributed by atoms with Gasteiger partial charge in [-0.15, -0.1) is 0 Å². The summed E-state index contributed by atoms with van der Waals surface area (Å²) in [5.41, 5.74) is 6.57. The number of para-hydroxylation sites is 1. The molecule has 0 N–H and O–H groups in total. The second-order valence-electron chi connectivity index (χ2n) is 5.40. The molecule has 23 heavy (non-hydrogen) atoms. The molecule has 1 atom stereocenters. The van der Waals surface area contributed by atoms with Crippen molar-refractivity contribution in [3.05, 3.63) is 83.1 Å². The van der Waals surface area contributed by atoms with Crippen LogP contribution in [-0.2, 0) is 22.7 Å². The Labute approximate surface area is 157 Å². The van der Waals surface area contributed by atoms with Crippen molar-refractivity contribution in [2.24, 2.45) is 0 Å². The van der Waals surface area contributed by atoms with Crippen LogP contribution in [0.25, 0.3) is 17.0 Å². The molecule has 1 aliphatic carbocycles. The molecule has 1 heterocycles. The van der Waals surface area contributed by atoms with Gasteiger partial charge in [-0.25, -0.2) is 0 Å². The Morgan fingerprint density at radius 1 is 0.913 bits per heavy atom. The second-order valence-corrected chi connectivity index (χ2v) is 6.13. The predicted octanol–water partition coefficient (Wildman–Crippen LogP) is -1.53. The molecule has 0 saturated carbocycles. The quantitative estimate of drug-likeness (QED) is 0.527. The molecule has 115 valence electrons. The summed E-state index contributed by atoms with van der Waals surface area (Å²) >= 11 is 3.32. The molecule has 0 saturated heterocycles. The van der Waals surface area contributed by atoms with Gasteiger partial charge in [0, 0.05) is 0 Å². The van der Waals surface area contributed by atoms with Crippen LogP contribution in [0.1, 0.15) is 21.5 Å². The van der Waals surface area contributed by atoms with Gasteiger partial charge in [0.25, 0.3) is 0 Å². The minimum atomic E-state index is 0. The molecule has 1 nitrogen and oxygen atoms in total. The van der Waals surface area contributed by atoms with Crippen molar-refractivity contribution in [1.82, 2.24) is 4.98 Å². The number of allylic oxidation sites excluding steroid dienone is 1. The van der Waals surface area contributed by atoms with Gasteiger partial charge in [0.1, 0.15) is 0 Å². The van der Waals surface area contributed by atoms with Gasteiger partial charge >= 0.3 is 133 Å². The maximum absolute atomic E-state index is 4.56. The van der Waals surface area contributed by atoms with Gasteiger partial charge in [-0.1, -0.05) is 0 Å². The van der Waals surface area contributed by atoms with Crippen LogP contribution in [0, 0.1) is 0 Å². The zero-order valence-electron chi connectivity index (χ0n) is 12.2. The van der Waals surface area contributed by atoms with Crippen LogP contribution < -0.4 is 24.8 Å². The van der Waals surface area contributed by atoms with E-state index in [-0.39, 0.29) is 24.8 Å². The van der Waals surface area contributed by atoms with E-state index in [9.17, 15) is 0 Å². The fraction of sp³-hybridized carbons (Fsp3) is 0.105. The van der Waals surface area contributed by atoms with Crippen molar-refractivity contribution in [2.45, 2.75) is 11.2 Å². The van der Waals surface area contributed by atoms with E-state index in [1.807, 2.05) is 12.3 Å². The van der Waals surface area contributed by atoms with Crippen molar-refractivity contribution in [3.63, 3.8) is 0 Å². The molecular formula is C19H14Cl2CrN. The molecule has 1 aliphatic rings. The Balaban J connectivity index is 0.000000960. The van der Waals surface area contributed by atoms with Crippen LogP contribution in [-0.4, -0.2) is 4.98 Å². The van der Waals surface area contributed by atoms with E-state index in [2.05, 4.69) is 75.9 Å². The summed E-state index contributed by atoms with van der Waals surface area (Å²) in [5.74, 6) is 0. The summed E-state index contributed by atoms with van der Waals surface area (Å²) in [6.45, 7) is 0. The van der Waals surface area contributed by atoms with Gasteiger partial charge < -0.3 is 24.8 Å². The molecule has 4 heteroatoms. The molecule has 3 aromatic rings. The standard InChI is InChI=1S/C19H14N.2ClH.Cr/c1-2-6-17-12-14(11-16(17)5-1)13-18-8-3-7-15-9-4-10-20-19(15)18;;;/h1-12H,13H2;2*1H;/q;;;+2/p-2. The van der Waals surface area contributed by atoms with E-state index in [0.29, 0.717) is 4.78 Å². The molecule has 0 fully saturated rings. The molecule has 1 unspecified atom stereocenters. The molecule has 0 bridgehead atoms. The predicted molar refractivity (Wildman–Crippen MR) is 82.6 cm³/mol. The molecule has 0 radical (unpaired) electrons. The minimum absolute atomic E-state index is 0. The Morgan fingerprint density at radius 3 is 2.52 bits per heavy atom. The first-order chi connectivity index (χ1) is 10.3. The SMILES string of the molecule is [Cl-].[Cl-].[Cr+2][CH]1C(Cc2cccc3cccnc23)=Cc2ccccc21. The first-order valence-corrected chi connectivity index (χ1v) is 7.84. The normalized spacial score (nSPS) is 15.3. The number of hydrogen-bond acceptors (Lipinski definition) is 1. The third-order valence-electron chi connectivity index (χ3n) is 4.07. The summed E-state index contributed by atoms with van der Waals surface area (Å²) in [7, 11) is 0. The van der Waals surface area contributed by atoms with Crippen molar-refractivity contribution < 1.29 is 41.1 Å². The topological polar surface area (TPSA) is 12.9 Å². The number of fused-ring (bicyclic) bond motifs is 2. The average Bonchev–Trinajstić information content (AvgIpc) is 2.85. The average molecular weight is 379 g/mol. The van der Waals surface area contributed by atoms with E-state index in [4.69, 9.17) is 0 Å². The fourth-order valence-corrected chi connectivity index (χ4v) is 3.60. The van der Waals surface area contributed by atoms with Crippen LogP contribution >= 0.6 is 0 Å². The molecule has 0 aliphatic heterocycles. The number of hydrogen-bond donors (Lipinski definition) is 0.